The van der Waals surface area contributed by atoms with Gasteiger partial charge in [-0.15, -0.1) is 0 Å². The zero-order chi connectivity index (χ0) is 15.2. The Labute approximate surface area is 128 Å². The van der Waals surface area contributed by atoms with Crippen LogP contribution in [-0.2, 0) is 6.54 Å². The number of aromatic nitrogens is 3. The molecule has 0 spiro atoms. The lowest BCUT2D eigenvalue weighted by atomic mass is 10.2. The van der Waals surface area contributed by atoms with Gasteiger partial charge in [0.2, 0.25) is 0 Å². The van der Waals surface area contributed by atoms with Gasteiger partial charge in [0.1, 0.15) is 24.1 Å². The third kappa shape index (κ3) is 2.96. The second kappa shape index (κ2) is 6.55. The molecule has 5 heteroatoms. The molecule has 0 unspecified atom stereocenters. The standard InChI is InChI=1S/C17H14N4O/c18-13-14-5-1-2-7-16(14)22-12-11-21-10-9-20-17(21)15-6-3-4-8-19-15/h1-10H,11-12H2. The van der Waals surface area contributed by atoms with Crippen molar-refractivity contribution in [2.75, 3.05) is 6.61 Å². The first-order valence-electron chi connectivity index (χ1n) is 6.93. The summed E-state index contributed by atoms with van der Waals surface area (Å²) in [5.74, 6) is 1.40. The number of hydrogen-bond donors (Lipinski definition) is 0. The van der Waals surface area contributed by atoms with Gasteiger partial charge in [-0.05, 0) is 24.3 Å². The number of nitrogens with zero attached hydrogens (tertiary/aromatic N) is 4. The first kappa shape index (κ1) is 13.8. The van der Waals surface area contributed by atoms with Crippen LogP contribution in [0.2, 0.25) is 0 Å². The Hall–Kier alpha value is -3.13. The van der Waals surface area contributed by atoms with Gasteiger partial charge in [-0.2, -0.15) is 5.26 Å². The minimum Gasteiger partial charge on any atom is -0.490 e. The number of pyridine rings is 1. The Morgan fingerprint density at radius 3 is 2.73 bits per heavy atom. The highest BCUT2D eigenvalue weighted by atomic mass is 16.5. The van der Waals surface area contributed by atoms with E-state index in [9.17, 15) is 0 Å². The van der Waals surface area contributed by atoms with Gasteiger partial charge in [-0.3, -0.25) is 4.98 Å². The van der Waals surface area contributed by atoms with Crippen molar-refractivity contribution in [1.29, 1.82) is 5.26 Å². The largest absolute Gasteiger partial charge is 0.490 e. The molecule has 0 aliphatic carbocycles. The van der Waals surface area contributed by atoms with Gasteiger partial charge in [0.15, 0.2) is 5.82 Å². The van der Waals surface area contributed by atoms with Crippen LogP contribution in [0.3, 0.4) is 0 Å². The minimum absolute atomic E-state index is 0.453. The molecule has 3 rings (SSSR count). The second-order valence-electron chi connectivity index (χ2n) is 4.62. The molecule has 0 saturated carbocycles. The molecule has 0 amide bonds. The minimum atomic E-state index is 0.453. The molecule has 2 heterocycles. The van der Waals surface area contributed by atoms with Gasteiger partial charge in [-0.25, -0.2) is 4.98 Å². The lowest BCUT2D eigenvalue weighted by molar-refractivity contribution is 0.298. The summed E-state index contributed by atoms with van der Waals surface area (Å²) in [6.07, 6.45) is 5.38. The highest BCUT2D eigenvalue weighted by molar-refractivity contribution is 5.49. The topological polar surface area (TPSA) is 63.7 Å². The summed E-state index contributed by atoms with van der Waals surface area (Å²) in [5, 5.41) is 9.04. The predicted molar refractivity (Wildman–Crippen MR) is 82.1 cm³/mol. The SMILES string of the molecule is N#Cc1ccccc1OCCn1ccnc1-c1ccccn1. The molecule has 3 aromatic rings. The molecule has 0 aliphatic heterocycles. The van der Waals surface area contributed by atoms with Crippen LogP contribution < -0.4 is 4.74 Å². The summed E-state index contributed by atoms with van der Waals surface area (Å²) in [4.78, 5) is 8.65. The summed E-state index contributed by atoms with van der Waals surface area (Å²) in [6.45, 7) is 1.08. The quantitative estimate of drug-likeness (QED) is 0.724. The van der Waals surface area contributed by atoms with Crippen molar-refractivity contribution in [1.82, 2.24) is 14.5 Å². The average molecular weight is 290 g/mol. The number of para-hydroxylation sites is 1. The number of benzene rings is 1. The monoisotopic (exact) mass is 290 g/mol. The van der Waals surface area contributed by atoms with Crippen LogP contribution in [0.5, 0.6) is 5.75 Å². The van der Waals surface area contributed by atoms with Gasteiger partial charge in [0, 0.05) is 18.6 Å². The highest BCUT2D eigenvalue weighted by Crippen LogP contribution is 2.17. The number of imidazole rings is 1. The molecule has 0 atom stereocenters. The maximum atomic E-state index is 9.04. The van der Waals surface area contributed by atoms with Crippen molar-refractivity contribution in [2.24, 2.45) is 0 Å². The molecule has 0 radical (unpaired) electrons. The lowest BCUT2D eigenvalue weighted by Gasteiger charge is -2.10. The average Bonchev–Trinajstić information content (AvgIpc) is 3.04. The van der Waals surface area contributed by atoms with E-state index < -0.39 is 0 Å². The summed E-state index contributed by atoms with van der Waals surface area (Å²) < 4.78 is 7.68. The Bertz CT molecular complexity index is 790. The zero-order valence-corrected chi connectivity index (χ0v) is 11.9. The molecule has 108 valence electrons. The number of ether oxygens (including phenoxy) is 1. The molecule has 22 heavy (non-hydrogen) atoms. The summed E-state index contributed by atoms with van der Waals surface area (Å²) in [6, 6.07) is 15.1. The molecule has 0 aliphatic rings. The third-order valence-electron chi connectivity index (χ3n) is 3.21. The Morgan fingerprint density at radius 2 is 1.91 bits per heavy atom. The number of hydrogen-bond acceptors (Lipinski definition) is 4. The van der Waals surface area contributed by atoms with Crippen LogP contribution in [0.1, 0.15) is 5.56 Å². The van der Waals surface area contributed by atoms with Crippen molar-refractivity contribution in [2.45, 2.75) is 6.54 Å². The summed E-state index contributed by atoms with van der Waals surface area (Å²) in [7, 11) is 0. The van der Waals surface area contributed by atoms with E-state index in [1.807, 2.05) is 41.1 Å². The van der Waals surface area contributed by atoms with Gasteiger partial charge < -0.3 is 9.30 Å². The Kier molecular flexibility index (Phi) is 4.12. The molecule has 0 fully saturated rings. The van der Waals surface area contributed by atoms with Crippen LogP contribution in [0.4, 0.5) is 0 Å². The van der Waals surface area contributed by atoms with E-state index in [2.05, 4.69) is 16.0 Å². The van der Waals surface area contributed by atoms with E-state index in [1.165, 1.54) is 0 Å². The van der Waals surface area contributed by atoms with Crippen molar-refractivity contribution < 1.29 is 4.74 Å². The second-order valence-corrected chi connectivity index (χ2v) is 4.62. The van der Waals surface area contributed by atoms with Gasteiger partial charge >= 0.3 is 0 Å². The van der Waals surface area contributed by atoms with Crippen molar-refractivity contribution >= 4 is 0 Å². The molecular weight excluding hydrogens is 276 g/mol. The molecule has 0 N–H and O–H groups in total. The molecule has 5 nitrogen and oxygen atoms in total. The van der Waals surface area contributed by atoms with Crippen molar-refractivity contribution in [3.8, 4) is 23.3 Å². The van der Waals surface area contributed by atoms with E-state index in [1.54, 1.807) is 24.5 Å². The predicted octanol–water partition coefficient (Wildman–Crippen LogP) is 2.90. The normalized spacial score (nSPS) is 10.1. The number of nitriles is 1. The maximum absolute atomic E-state index is 9.04. The fraction of sp³-hybridized carbons (Fsp3) is 0.118. The van der Waals surface area contributed by atoms with E-state index >= 15 is 0 Å². The van der Waals surface area contributed by atoms with Crippen LogP contribution >= 0.6 is 0 Å². The zero-order valence-electron chi connectivity index (χ0n) is 11.9. The Morgan fingerprint density at radius 1 is 1.05 bits per heavy atom. The van der Waals surface area contributed by atoms with Crippen LogP contribution in [-0.4, -0.2) is 21.1 Å². The molecule has 0 bridgehead atoms. The van der Waals surface area contributed by atoms with Crippen LogP contribution in [0.15, 0.2) is 61.1 Å². The van der Waals surface area contributed by atoms with E-state index in [0.717, 1.165) is 11.5 Å². The van der Waals surface area contributed by atoms with E-state index in [-0.39, 0.29) is 0 Å². The first-order chi connectivity index (χ1) is 10.9. The van der Waals surface area contributed by atoms with Crippen LogP contribution in [0.25, 0.3) is 11.5 Å². The summed E-state index contributed by atoms with van der Waals surface area (Å²) in [5.41, 5.74) is 1.36. The summed E-state index contributed by atoms with van der Waals surface area (Å²) >= 11 is 0. The molecule has 0 saturated heterocycles. The number of rotatable bonds is 5. The smallest absolute Gasteiger partial charge is 0.158 e. The van der Waals surface area contributed by atoms with Gasteiger partial charge in [-0.1, -0.05) is 18.2 Å². The highest BCUT2D eigenvalue weighted by Gasteiger charge is 2.07. The van der Waals surface area contributed by atoms with Crippen molar-refractivity contribution in [3.63, 3.8) is 0 Å². The fourth-order valence-corrected chi connectivity index (χ4v) is 2.16. The molecule has 1 aromatic carbocycles. The van der Waals surface area contributed by atoms with Gasteiger partial charge in [0.05, 0.1) is 12.1 Å². The fourth-order valence-electron chi connectivity index (χ4n) is 2.16. The Balaban J connectivity index is 1.69. The van der Waals surface area contributed by atoms with Crippen LogP contribution in [0, 0.1) is 11.3 Å². The maximum Gasteiger partial charge on any atom is 0.158 e. The molecular formula is C17H14N4O. The van der Waals surface area contributed by atoms with E-state index in [4.69, 9.17) is 10.00 Å². The third-order valence-corrected chi connectivity index (χ3v) is 3.21. The molecule has 2 aromatic heterocycles. The van der Waals surface area contributed by atoms with E-state index in [0.29, 0.717) is 24.5 Å². The lowest BCUT2D eigenvalue weighted by Crippen LogP contribution is -2.09. The first-order valence-corrected chi connectivity index (χ1v) is 6.93. The van der Waals surface area contributed by atoms with Crippen molar-refractivity contribution in [3.05, 3.63) is 66.6 Å². The van der Waals surface area contributed by atoms with Gasteiger partial charge in [0.25, 0.3) is 0 Å².